The van der Waals surface area contributed by atoms with E-state index in [1.165, 1.54) is 77.1 Å². The maximum absolute atomic E-state index is 3.84. The first-order valence-corrected chi connectivity index (χ1v) is 19.2. The molecular weight excluding hydrogens is 653 g/mol. The van der Waals surface area contributed by atoms with E-state index in [-0.39, 0.29) is 0 Å². The van der Waals surface area contributed by atoms with Crippen molar-refractivity contribution < 1.29 is 0 Å². The van der Waals surface area contributed by atoms with Crippen molar-refractivity contribution in [1.82, 2.24) is 9.55 Å². The molecule has 10 aromatic rings. The van der Waals surface area contributed by atoms with Gasteiger partial charge in [0.05, 0.1) is 16.6 Å². The number of nitrogens with one attached hydrogen (secondary N) is 1. The molecule has 0 saturated carbocycles. The van der Waals surface area contributed by atoms with Gasteiger partial charge in [0.1, 0.15) is 0 Å². The van der Waals surface area contributed by atoms with Gasteiger partial charge in [-0.3, -0.25) is 0 Å². The number of benzene rings is 8. The molecule has 0 radical (unpaired) electrons. The van der Waals surface area contributed by atoms with Gasteiger partial charge in [0.2, 0.25) is 0 Å². The largest absolute Gasteiger partial charge is 0.354 e. The van der Waals surface area contributed by atoms with Gasteiger partial charge >= 0.3 is 0 Å². The number of H-pyrrole nitrogens is 1. The van der Waals surface area contributed by atoms with Gasteiger partial charge < -0.3 is 9.55 Å². The molecule has 8 aromatic carbocycles. The number of hydrogen-bond acceptors (Lipinski definition) is 0. The van der Waals surface area contributed by atoms with Crippen LogP contribution < -0.4 is 0 Å². The van der Waals surface area contributed by atoms with Crippen LogP contribution in [-0.2, 0) is 0 Å². The Balaban J connectivity index is 0.00000100. The normalized spacial score (nSPS) is 11.0. The zero-order valence-corrected chi connectivity index (χ0v) is 31.3. The second-order valence-electron chi connectivity index (χ2n) is 13.1. The molecule has 0 fully saturated rings. The highest BCUT2D eigenvalue weighted by Crippen LogP contribution is 2.42. The van der Waals surface area contributed by atoms with E-state index in [9.17, 15) is 0 Å². The number of fused-ring (bicyclic) bond motifs is 6. The van der Waals surface area contributed by atoms with Crippen molar-refractivity contribution in [3.8, 4) is 50.2 Å². The van der Waals surface area contributed by atoms with Crippen LogP contribution >= 0.6 is 0 Å². The lowest BCUT2D eigenvalue weighted by Gasteiger charge is -2.11. The lowest BCUT2D eigenvalue weighted by molar-refractivity contribution is 1.18. The highest BCUT2D eigenvalue weighted by Gasteiger charge is 2.18. The molecule has 2 nitrogen and oxygen atoms in total. The van der Waals surface area contributed by atoms with Crippen LogP contribution in [0.15, 0.2) is 188 Å². The molecule has 0 aliphatic rings. The summed E-state index contributed by atoms with van der Waals surface area (Å²) in [5.74, 6) is 0. The Bertz CT molecular complexity index is 2830. The first kappa shape index (κ1) is 34.4. The molecule has 10 rings (SSSR count). The summed E-state index contributed by atoms with van der Waals surface area (Å²) in [6.45, 7) is 8.00. The Morgan fingerprint density at radius 3 is 1.31 bits per heavy atom. The Hall–Kier alpha value is -6.64. The van der Waals surface area contributed by atoms with Gasteiger partial charge in [0.15, 0.2) is 0 Å². The summed E-state index contributed by atoms with van der Waals surface area (Å²) in [7, 11) is 0. The van der Waals surface area contributed by atoms with Crippen LogP contribution in [0.3, 0.4) is 0 Å². The standard InChI is InChI=1S/C48H32N2.2C2H6/c1-5-13-32(14-6-1)35-21-24-45-41(27-35)44-31-38(34-17-9-3-10-18-34)30-40(48(44)49-45)37-23-26-47-43(29-37)42-28-36(33-15-7-2-8-16-33)22-25-46(42)50(47)39-19-11-4-12-20-39;2*1-2/h1-31,49H;2*1-2H3. The van der Waals surface area contributed by atoms with Gasteiger partial charge in [-0.1, -0.05) is 155 Å². The fourth-order valence-electron chi connectivity index (χ4n) is 7.69. The summed E-state index contributed by atoms with van der Waals surface area (Å²) in [5.41, 5.74) is 15.5. The summed E-state index contributed by atoms with van der Waals surface area (Å²) < 4.78 is 2.40. The van der Waals surface area contributed by atoms with Crippen molar-refractivity contribution in [2.24, 2.45) is 0 Å². The summed E-state index contributed by atoms with van der Waals surface area (Å²) in [5, 5.41) is 4.94. The Morgan fingerprint density at radius 2 is 0.759 bits per heavy atom. The van der Waals surface area contributed by atoms with Crippen LogP contribution in [0.25, 0.3) is 93.8 Å². The molecule has 2 heteroatoms. The van der Waals surface area contributed by atoms with Gasteiger partial charge in [-0.15, -0.1) is 0 Å². The molecule has 2 aromatic heterocycles. The molecule has 0 unspecified atom stereocenters. The van der Waals surface area contributed by atoms with Gasteiger partial charge in [-0.05, 0) is 99.6 Å². The summed E-state index contributed by atoms with van der Waals surface area (Å²) in [6, 6.07) is 68.1. The topological polar surface area (TPSA) is 20.7 Å². The second kappa shape index (κ2) is 15.1. The van der Waals surface area contributed by atoms with Crippen LogP contribution in [-0.4, -0.2) is 9.55 Å². The highest BCUT2D eigenvalue weighted by molar-refractivity contribution is 6.16. The second-order valence-corrected chi connectivity index (χ2v) is 13.1. The van der Waals surface area contributed by atoms with E-state index >= 15 is 0 Å². The van der Waals surface area contributed by atoms with E-state index in [4.69, 9.17) is 0 Å². The van der Waals surface area contributed by atoms with Gasteiger partial charge in [-0.25, -0.2) is 0 Å². The number of aromatic amines is 1. The first-order chi connectivity index (χ1) is 26.8. The third-order valence-electron chi connectivity index (χ3n) is 10.1. The minimum atomic E-state index is 1.14. The minimum absolute atomic E-state index is 1.14. The minimum Gasteiger partial charge on any atom is -0.354 e. The number of hydrogen-bond donors (Lipinski definition) is 1. The summed E-state index contributed by atoms with van der Waals surface area (Å²) in [4.78, 5) is 3.84. The smallest absolute Gasteiger partial charge is 0.0544 e. The zero-order valence-electron chi connectivity index (χ0n) is 31.3. The van der Waals surface area contributed by atoms with E-state index in [2.05, 4.69) is 198 Å². The molecular formula is C52H44N2. The maximum atomic E-state index is 3.84. The van der Waals surface area contributed by atoms with Crippen molar-refractivity contribution in [3.05, 3.63) is 188 Å². The Morgan fingerprint density at radius 1 is 0.333 bits per heavy atom. The molecule has 262 valence electrons. The molecule has 0 bridgehead atoms. The number of nitrogens with zero attached hydrogens (tertiary/aromatic N) is 1. The molecule has 0 atom stereocenters. The number of rotatable bonds is 5. The third-order valence-corrected chi connectivity index (χ3v) is 10.1. The van der Waals surface area contributed by atoms with Crippen molar-refractivity contribution in [1.29, 1.82) is 0 Å². The Labute approximate surface area is 318 Å². The third kappa shape index (κ3) is 6.16. The Kier molecular flexibility index (Phi) is 9.66. The SMILES string of the molecule is CC.CC.c1ccc(-c2ccc3[nH]c4c(-c5ccc6c(c5)c5cc(-c7ccccc7)ccc5n6-c5ccccc5)cc(-c5ccccc5)cc4c3c2)cc1. The van der Waals surface area contributed by atoms with Gasteiger partial charge in [0, 0.05) is 38.3 Å². The molecule has 0 aliphatic heterocycles. The zero-order chi connectivity index (χ0) is 37.0. The average Bonchev–Trinajstić information content (AvgIpc) is 3.80. The van der Waals surface area contributed by atoms with E-state index in [0.29, 0.717) is 0 Å². The fourth-order valence-corrected chi connectivity index (χ4v) is 7.69. The maximum Gasteiger partial charge on any atom is 0.0544 e. The number of para-hydroxylation sites is 1. The lowest BCUT2D eigenvalue weighted by atomic mass is 9.94. The predicted molar refractivity (Wildman–Crippen MR) is 235 cm³/mol. The molecule has 2 heterocycles. The molecule has 0 saturated heterocycles. The van der Waals surface area contributed by atoms with Crippen LogP contribution in [0.5, 0.6) is 0 Å². The van der Waals surface area contributed by atoms with Crippen molar-refractivity contribution in [2.75, 3.05) is 0 Å². The predicted octanol–water partition coefficient (Wildman–Crippen LogP) is 15.1. The summed E-state index contributed by atoms with van der Waals surface area (Å²) in [6.07, 6.45) is 0. The van der Waals surface area contributed by atoms with Crippen LogP contribution in [0.4, 0.5) is 0 Å². The molecule has 0 aliphatic carbocycles. The van der Waals surface area contributed by atoms with E-state index in [1.54, 1.807) is 0 Å². The van der Waals surface area contributed by atoms with Crippen molar-refractivity contribution >= 4 is 43.6 Å². The summed E-state index contributed by atoms with van der Waals surface area (Å²) >= 11 is 0. The van der Waals surface area contributed by atoms with E-state index in [0.717, 1.165) is 16.7 Å². The number of aromatic nitrogens is 2. The molecule has 0 amide bonds. The molecule has 1 N–H and O–H groups in total. The van der Waals surface area contributed by atoms with E-state index in [1.807, 2.05) is 27.7 Å². The van der Waals surface area contributed by atoms with Gasteiger partial charge in [-0.2, -0.15) is 0 Å². The van der Waals surface area contributed by atoms with Crippen LogP contribution in [0.1, 0.15) is 27.7 Å². The molecule has 0 spiro atoms. The average molecular weight is 697 g/mol. The van der Waals surface area contributed by atoms with Gasteiger partial charge in [0.25, 0.3) is 0 Å². The fraction of sp³-hybridized carbons (Fsp3) is 0.0769. The highest BCUT2D eigenvalue weighted by atomic mass is 15.0. The quantitative estimate of drug-likeness (QED) is 0.185. The van der Waals surface area contributed by atoms with E-state index < -0.39 is 0 Å². The first-order valence-electron chi connectivity index (χ1n) is 19.2. The van der Waals surface area contributed by atoms with Crippen LogP contribution in [0, 0.1) is 0 Å². The molecule has 54 heavy (non-hydrogen) atoms. The monoisotopic (exact) mass is 696 g/mol. The van der Waals surface area contributed by atoms with Crippen molar-refractivity contribution in [2.45, 2.75) is 27.7 Å². The van der Waals surface area contributed by atoms with Crippen LogP contribution in [0.2, 0.25) is 0 Å². The van der Waals surface area contributed by atoms with Crippen molar-refractivity contribution in [3.63, 3.8) is 0 Å². The lowest BCUT2D eigenvalue weighted by Crippen LogP contribution is -1.93.